The highest BCUT2D eigenvalue weighted by molar-refractivity contribution is 5.79. The van der Waals surface area contributed by atoms with Crippen molar-refractivity contribution in [2.75, 3.05) is 20.2 Å². The molecular weight excluding hydrogens is 156 g/mol. The van der Waals surface area contributed by atoms with Crippen molar-refractivity contribution >= 4 is 5.91 Å². The van der Waals surface area contributed by atoms with Crippen molar-refractivity contribution in [2.24, 2.45) is 0 Å². The van der Waals surface area contributed by atoms with Gasteiger partial charge >= 0.3 is 0 Å². The number of nitrogens with zero attached hydrogens (tertiary/aromatic N) is 2. The highest BCUT2D eigenvalue weighted by Crippen LogP contribution is 2.23. The standard InChI is InChI=1S/C8H12N2O2/c1-8(12-2)5-10(6-8)7(11)3-4-9/h3,5-6H2,1-2H3. The number of ether oxygens (including phenoxy) is 1. The molecule has 1 saturated heterocycles. The number of methoxy groups -OCH3 is 1. The van der Waals surface area contributed by atoms with E-state index in [-0.39, 0.29) is 17.9 Å². The fraction of sp³-hybridized carbons (Fsp3) is 0.750. The van der Waals surface area contributed by atoms with Crippen molar-refractivity contribution in [3.05, 3.63) is 0 Å². The molecular formula is C8H12N2O2. The summed E-state index contributed by atoms with van der Waals surface area (Å²) in [4.78, 5) is 12.7. The highest BCUT2D eigenvalue weighted by atomic mass is 16.5. The molecule has 0 saturated carbocycles. The lowest BCUT2D eigenvalue weighted by Gasteiger charge is -2.46. The van der Waals surface area contributed by atoms with Gasteiger partial charge in [0.05, 0.1) is 24.8 Å². The van der Waals surface area contributed by atoms with Crippen LogP contribution < -0.4 is 0 Å². The van der Waals surface area contributed by atoms with Crippen molar-refractivity contribution in [1.29, 1.82) is 5.26 Å². The Morgan fingerprint density at radius 2 is 2.33 bits per heavy atom. The van der Waals surface area contributed by atoms with Crippen molar-refractivity contribution in [2.45, 2.75) is 18.9 Å². The summed E-state index contributed by atoms with van der Waals surface area (Å²) in [7, 11) is 1.63. The molecule has 0 aliphatic carbocycles. The van der Waals surface area contributed by atoms with Crippen LogP contribution in [-0.4, -0.2) is 36.6 Å². The van der Waals surface area contributed by atoms with E-state index in [1.54, 1.807) is 12.0 Å². The normalized spacial score (nSPS) is 19.6. The Kier molecular flexibility index (Phi) is 2.34. The van der Waals surface area contributed by atoms with Crippen LogP contribution in [0.4, 0.5) is 0 Å². The van der Waals surface area contributed by atoms with E-state index in [1.807, 2.05) is 13.0 Å². The molecule has 0 aromatic carbocycles. The zero-order valence-corrected chi connectivity index (χ0v) is 7.33. The number of carbonyl (C=O) groups is 1. The number of nitriles is 1. The Morgan fingerprint density at radius 1 is 1.75 bits per heavy atom. The minimum atomic E-state index is -0.189. The van der Waals surface area contributed by atoms with Crippen LogP contribution in [0.1, 0.15) is 13.3 Å². The Hall–Kier alpha value is -1.08. The first kappa shape index (κ1) is 9.01. The van der Waals surface area contributed by atoms with E-state index in [0.29, 0.717) is 13.1 Å². The lowest BCUT2D eigenvalue weighted by atomic mass is 9.96. The quantitative estimate of drug-likeness (QED) is 0.589. The average Bonchev–Trinajstić information content (AvgIpc) is 1.99. The molecule has 66 valence electrons. The number of likely N-dealkylation sites (tertiary alicyclic amines) is 1. The topological polar surface area (TPSA) is 53.3 Å². The molecule has 0 aromatic rings. The van der Waals surface area contributed by atoms with Crippen LogP contribution in [0, 0.1) is 11.3 Å². The van der Waals surface area contributed by atoms with Crippen LogP contribution in [-0.2, 0) is 9.53 Å². The second-order valence-corrected chi connectivity index (χ2v) is 3.24. The fourth-order valence-corrected chi connectivity index (χ4v) is 1.25. The van der Waals surface area contributed by atoms with Crippen LogP contribution in [0.3, 0.4) is 0 Å². The van der Waals surface area contributed by atoms with Gasteiger partial charge in [-0.3, -0.25) is 4.79 Å². The first-order chi connectivity index (χ1) is 5.61. The SMILES string of the molecule is COC1(C)CN(C(=O)CC#N)C1. The molecule has 1 amide bonds. The summed E-state index contributed by atoms with van der Waals surface area (Å²) in [6.07, 6.45) is -0.0280. The van der Waals surface area contributed by atoms with Gasteiger partial charge in [0.1, 0.15) is 6.42 Å². The maximum atomic E-state index is 11.1. The maximum Gasteiger partial charge on any atom is 0.236 e. The van der Waals surface area contributed by atoms with Crippen molar-refractivity contribution < 1.29 is 9.53 Å². The minimum absolute atomic E-state index is 0.0280. The Bertz CT molecular complexity index is 226. The number of rotatable bonds is 2. The molecule has 4 heteroatoms. The summed E-state index contributed by atoms with van der Waals surface area (Å²) in [5.74, 6) is -0.105. The van der Waals surface area contributed by atoms with Crippen LogP contribution in [0.5, 0.6) is 0 Å². The van der Waals surface area contributed by atoms with Gasteiger partial charge in [-0.15, -0.1) is 0 Å². The molecule has 0 N–H and O–H groups in total. The van der Waals surface area contributed by atoms with Gasteiger partial charge in [-0.25, -0.2) is 0 Å². The van der Waals surface area contributed by atoms with Crippen LogP contribution >= 0.6 is 0 Å². The number of hydrogen-bond acceptors (Lipinski definition) is 3. The summed E-state index contributed by atoms with van der Waals surface area (Å²) < 4.78 is 5.16. The molecule has 1 aliphatic rings. The molecule has 1 rings (SSSR count). The predicted molar refractivity (Wildman–Crippen MR) is 42.2 cm³/mol. The molecule has 12 heavy (non-hydrogen) atoms. The lowest BCUT2D eigenvalue weighted by molar-refractivity contribution is -0.156. The molecule has 0 unspecified atom stereocenters. The molecule has 4 nitrogen and oxygen atoms in total. The van der Waals surface area contributed by atoms with Crippen LogP contribution in [0.25, 0.3) is 0 Å². The van der Waals surface area contributed by atoms with Gasteiger partial charge in [0, 0.05) is 7.11 Å². The third-order valence-electron chi connectivity index (χ3n) is 2.13. The first-order valence-corrected chi connectivity index (χ1v) is 3.81. The van der Waals surface area contributed by atoms with E-state index in [1.165, 1.54) is 0 Å². The van der Waals surface area contributed by atoms with Gasteiger partial charge in [-0.05, 0) is 6.92 Å². The van der Waals surface area contributed by atoms with Gasteiger partial charge in [0.25, 0.3) is 0 Å². The number of amides is 1. The minimum Gasteiger partial charge on any atom is -0.375 e. The smallest absolute Gasteiger partial charge is 0.236 e. The van der Waals surface area contributed by atoms with Gasteiger partial charge in [0.15, 0.2) is 0 Å². The monoisotopic (exact) mass is 168 g/mol. The van der Waals surface area contributed by atoms with E-state index < -0.39 is 0 Å². The average molecular weight is 168 g/mol. The second kappa shape index (κ2) is 3.11. The van der Waals surface area contributed by atoms with Gasteiger partial charge in [-0.1, -0.05) is 0 Å². The summed E-state index contributed by atoms with van der Waals surface area (Å²) in [5.41, 5.74) is -0.189. The Morgan fingerprint density at radius 3 is 2.75 bits per heavy atom. The highest BCUT2D eigenvalue weighted by Gasteiger charge is 2.40. The van der Waals surface area contributed by atoms with Crippen LogP contribution in [0.15, 0.2) is 0 Å². The first-order valence-electron chi connectivity index (χ1n) is 3.81. The van der Waals surface area contributed by atoms with Crippen LogP contribution in [0.2, 0.25) is 0 Å². The van der Waals surface area contributed by atoms with Gasteiger partial charge in [0.2, 0.25) is 5.91 Å². The van der Waals surface area contributed by atoms with E-state index in [0.717, 1.165) is 0 Å². The number of hydrogen-bond donors (Lipinski definition) is 0. The van der Waals surface area contributed by atoms with Crippen molar-refractivity contribution in [3.8, 4) is 6.07 Å². The number of carbonyl (C=O) groups excluding carboxylic acids is 1. The molecule has 0 radical (unpaired) electrons. The second-order valence-electron chi connectivity index (χ2n) is 3.24. The van der Waals surface area contributed by atoms with E-state index in [9.17, 15) is 4.79 Å². The Balaban J connectivity index is 2.35. The molecule has 0 bridgehead atoms. The molecule has 1 aliphatic heterocycles. The maximum absolute atomic E-state index is 11.1. The molecule has 1 heterocycles. The van der Waals surface area contributed by atoms with Gasteiger partial charge in [-0.2, -0.15) is 5.26 Å². The fourth-order valence-electron chi connectivity index (χ4n) is 1.25. The summed E-state index contributed by atoms with van der Waals surface area (Å²) in [6.45, 7) is 3.15. The molecule has 1 fully saturated rings. The lowest BCUT2D eigenvalue weighted by Crippen LogP contribution is -2.62. The summed E-state index contributed by atoms with van der Waals surface area (Å²) in [5, 5.41) is 8.26. The third-order valence-corrected chi connectivity index (χ3v) is 2.13. The third kappa shape index (κ3) is 1.56. The summed E-state index contributed by atoms with van der Waals surface area (Å²) >= 11 is 0. The van der Waals surface area contributed by atoms with E-state index >= 15 is 0 Å². The molecule has 0 atom stereocenters. The Labute approximate surface area is 71.7 Å². The molecule has 0 spiro atoms. The van der Waals surface area contributed by atoms with Crippen molar-refractivity contribution in [1.82, 2.24) is 4.90 Å². The molecule has 0 aromatic heterocycles. The zero-order valence-electron chi connectivity index (χ0n) is 7.33. The van der Waals surface area contributed by atoms with Gasteiger partial charge < -0.3 is 9.64 Å². The zero-order chi connectivity index (χ0) is 9.19. The van der Waals surface area contributed by atoms with E-state index in [4.69, 9.17) is 10.00 Å². The predicted octanol–water partition coefficient (Wildman–Crippen LogP) is 0.147. The van der Waals surface area contributed by atoms with E-state index in [2.05, 4.69) is 0 Å². The van der Waals surface area contributed by atoms with Crippen molar-refractivity contribution in [3.63, 3.8) is 0 Å². The summed E-state index contributed by atoms with van der Waals surface area (Å²) in [6, 6.07) is 1.83. The largest absolute Gasteiger partial charge is 0.375 e.